The Morgan fingerprint density at radius 2 is 2.38 bits per heavy atom. The van der Waals surface area contributed by atoms with Crippen molar-refractivity contribution in [1.29, 1.82) is 0 Å². The predicted molar refractivity (Wildman–Crippen MR) is 87.3 cm³/mol. The zero-order valence-corrected chi connectivity index (χ0v) is 13.5. The van der Waals surface area contributed by atoms with E-state index in [9.17, 15) is 4.79 Å². The molecule has 2 aromatic heterocycles. The van der Waals surface area contributed by atoms with Crippen LogP contribution in [-0.4, -0.2) is 42.0 Å². The van der Waals surface area contributed by atoms with Crippen LogP contribution in [0.1, 0.15) is 12.2 Å². The van der Waals surface area contributed by atoms with Crippen LogP contribution in [0.25, 0.3) is 0 Å². The number of hydrogen-bond acceptors (Lipinski definition) is 5. The van der Waals surface area contributed by atoms with E-state index in [1.807, 2.05) is 24.3 Å². The Bertz CT molecular complexity index is 689. The lowest BCUT2D eigenvalue weighted by Gasteiger charge is -2.28. The number of nitrogens with zero attached hydrogens (tertiary/aromatic N) is 2. The largest absolute Gasteiger partial charge is 0.492 e. The van der Waals surface area contributed by atoms with Crippen molar-refractivity contribution in [3.8, 4) is 5.75 Å². The van der Waals surface area contributed by atoms with Gasteiger partial charge < -0.3 is 14.5 Å². The number of ether oxygens (including phenoxy) is 1. The maximum Gasteiger partial charge on any atom is 0.228 e. The van der Waals surface area contributed by atoms with E-state index >= 15 is 0 Å². The van der Waals surface area contributed by atoms with Gasteiger partial charge in [-0.25, -0.2) is 0 Å². The Labute approximate surface area is 140 Å². The fourth-order valence-corrected chi connectivity index (χ4v) is 3.81. The molecule has 126 valence electrons. The molecule has 4 heterocycles. The van der Waals surface area contributed by atoms with E-state index in [1.54, 1.807) is 18.7 Å². The summed E-state index contributed by atoms with van der Waals surface area (Å²) in [6, 6.07) is 7.61. The summed E-state index contributed by atoms with van der Waals surface area (Å²) in [5, 5.41) is 3.03. The highest BCUT2D eigenvalue weighted by atomic mass is 16.5. The Balaban J connectivity index is 1.43. The third-order valence-electron chi connectivity index (χ3n) is 5.17. The quantitative estimate of drug-likeness (QED) is 0.905. The zero-order valence-electron chi connectivity index (χ0n) is 13.5. The second-order valence-corrected chi connectivity index (χ2v) is 6.60. The molecule has 2 fully saturated rings. The number of rotatable bonds is 5. The van der Waals surface area contributed by atoms with E-state index in [1.165, 1.54) is 0 Å². The van der Waals surface area contributed by atoms with Crippen molar-refractivity contribution in [1.82, 2.24) is 15.2 Å². The number of amides is 1. The molecule has 2 saturated heterocycles. The lowest BCUT2D eigenvalue weighted by atomic mass is 9.77. The summed E-state index contributed by atoms with van der Waals surface area (Å²) in [6.07, 6.45) is 5.97. The Hall–Kier alpha value is -2.34. The summed E-state index contributed by atoms with van der Waals surface area (Å²) in [6.45, 7) is 3.60. The minimum absolute atomic E-state index is 0.157. The van der Waals surface area contributed by atoms with Crippen molar-refractivity contribution in [3.63, 3.8) is 0 Å². The van der Waals surface area contributed by atoms with Gasteiger partial charge in [0.15, 0.2) is 0 Å². The second-order valence-electron chi connectivity index (χ2n) is 6.60. The minimum atomic E-state index is -0.352. The number of pyridine rings is 1. The second kappa shape index (κ2) is 6.28. The highest BCUT2D eigenvalue weighted by molar-refractivity contribution is 5.86. The van der Waals surface area contributed by atoms with Gasteiger partial charge in [-0.1, -0.05) is 0 Å². The average molecular weight is 327 g/mol. The molecular weight excluding hydrogens is 306 g/mol. The maximum atomic E-state index is 12.5. The lowest BCUT2D eigenvalue weighted by molar-refractivity contribution is -0.128. The van der Waals surface area contributed by atoms with Crippen LogP contribution in [0.5, 0.6) is 5.75 Å². The van der Waals surface area contributed by atoms with Gasteiger partial charge in [0, 0.05) is 25.2 Å². The number of aromatic nitrogens is 1. The molecule has 1 amide bonds. The Morgan fingerprint density at radius 3 is 3.17 bits per heavy atom. The zero-order chi connectivity index (χ0) is 16.4. The number of carbonyl (C=O) groups is 1. The standard InChI is InChI=1S/C18H21N3O3/c22-17-18(5-7-21(13-18)11-16-4-2-8-23-16)14(9-20-17)12-24-15-3-1-6-19-10-15/h1-4,6,8,10,14H,5,7,9,11-13H2,(H,20,22)/t14-,18-/m1/s1. The molecule has 1 spiro atoms. The van der Waals surface area contributed by atoms with Crippen LogP contribution in [0.2, 0.25) is 0 Å². The Morgan fingerprint density at radius 1 is 1.42 bits per heavy atom. The van der Waals surface area contributed by atoms with Gasteiger partial charge in [0.2, 0.25) is 5.91 Å². The van der Waals surface area contributed by atoms with E-state index in [-0.39, 0.29) is 17.2 Å². The van der Waals surface area contributed by atoms with Gasteiger partial charge in [-0.05, 0) is 37.2 Å². The molecule has 1 N–H and O–H groups in total. The van der Waals surface area contributed by atoms with Gasteiger partial charge in [0.25, 0.3) is 0 Å². The summed E-state index contributed by atoms with van der Waals surface area (Å²) < 4.78 is 11.3. The van der Waals surface area contributed by atoms with Gasteiger partial charge in [-0.15, -0.1) is 0 Å². The molecule has 2 aliphatic heterocycles. The molecule has 2 atom stereocenters. The predicted octanol–water partition coefficient (Wildman–Crippen LogP) is 1.69. The van der Waals surface area contributed by atoms with Crippen molar-refractivity contribution in [3.05, 3.63) is 48.7 Å². The highest BCUT2D eigenvalue weighted by Crippen LogP contribution is 2.42. The van der Waals surface area contributed by atoms with Crippen LogP contribution >= 0.6 is 0 Å². The fourth-order valence-electron chi connectivity index (χ4n) is 3.81. The molecule has 2 aromatic rings. The molecule has 2 aliphatic rings. The molecule has 0 bridgehead atoms. The van der Waals surface area contributed by atoms with Gasteiger partial charge in [0.1, 0.15) is 11.5 Å². The van der Waals surface area contributed by atoms with Gasteiger partial charge in [-0.3, -0.25) is 14.7 Å². The monoisotopic (exact) mass is 327 g/mol. The maximum absolute atomic E-state index is 12.5. The van der Waals surface area contributed by atoms with E-state index < -0.39 is 0 Å². The first kappa shape index (κ1) is 15.2. The van der Waals surface area contributed by atoms with Crippen molar-refractivity contribution >= 4 is 5.91 Å². The molecule has 24 heavy (non-hydrogen) atoms. The first-order valence-electron chi connectivity index (χ1n) is 8.32. The van der Waals surface area contributed by atoms with E-state index in [4.69, 9.17) is 9.15 Å². The Kier molecular flexibility index (Phi) is 3.98. The first-order valence-corrected chi connectivity index (χ1v) is 8.32. The number of furan rings is 1. The summed E-state index contributed by atoms with van der Waals surface area (Å²) in [4.78, 5) is 18.9. The van der Waals surface area contributed by atoms with Crippen molar-refractivity contribution < 1.29 is 13.9 Å². The molecule has 0 unspecified atom stereocenters. The van der Waals surface area contributed by atoms with Crippen LogP contribution in [0.4, 0.5) is 0 Å². The van der Waals surface area contributed by atoms with Crippen LogP contribution < -0.4 is 10.1 Å². The summed E-state index contributed by atoms with van der Waals surface area (Å²) in [5.74, 6) is 2.02. The van der Waals surface area contributed by atoms with E-state index in [0.717, 1.165) is 37.6 Å². The number of likely N-dealkylation sites (tertiary alicyclic amines) is 1. The van der Waals surface area contributed by atoms with E-state index in [2.05, 4.69) is 15.2 Å². The lowest BCUT2D eigenvalue weighted by Crippen LogP contribution is -2.40. The SMILES string of the molecule is O=C1NC[C@H](COc2cccnc2)[C@]12CCN(Cc1ccco1)C2. The topological polar surface area (TPSA) is 67.6 Å². The summed E-state index contributed by atoms with van der Waals surface area (Å²) in [5.41, 5.74) is -0.352. The highest BCUT2D eigenvalue weighted by Gasteiger charge is 2.54. The van der Waals surface area contributed by atoms with Crippen LogP contribution in [0, 0.1) is 11.3 Å². The summed E-state index contributed by atoms with van der Waals surface area (Å²) in [7, 11) is 0. The molecule has 6 nitrogen and oxygen atoms in total. The van der Waals surface area contributed by atoms with Crippen LogP contribution in [0.3, 0.4) is 0 Å². The molecular formula is C18H21N3O3. The smallest absolute Gasteiger partial charge is 0.228 e. The van der Waals surface area contributed by atoms with Crippen molar-refractivity contribution in [2.75, 3.05) is 26.2 Å². The number of nitrogens with one attached hydrogen (secondary N) is 1. The fraction of sp³-hybridized carbons (Fsp3) is 0.444. The molecule has 4 rings (SSSR count). The summed E-state index contributed by atoms with van der Waals surface area (Å²) >= 11 is 0. The minimum Gasteiger partial charge on any atom is -0.492 e. The normalized spacial score (nSPS) is 26.8. The number of carbonyl (C=O) groups excluding carboxylic acids is 1. The van der Waals surface area contributed by atoms with Crippen molar-refractivity contribution in [2.45, 2.75) is 13.0 Å². The average Bonchev–Trinajstić information content (AvgIpc) is 3.32. The molecule has 0 radical (unpaired) electrons. The third kappa shape index (κ3) is 2.78. The van der Waals surface area contributed by atoms with Crippen LogP contribution in [-0.2, 0) is 11.3 Å². The molecule has 0 saturated carbocycles. The van der Waals surface area contributed by atoms with E-state index in [0.29, 0.717) is 13.2 Å². The number of hydrogen-bond donors (Lipinski definition) is 1. The van der Waals surface area contributed by atoms with Gasteiger partial charge in [0.05, 0.1) is 31.0 Å². The van der Waals surface area contributed by atoms with Gasteiger partial charge in [-0.2, -0.15) is 0 Å². The molecule has 0 aromatic carbocycles. The van der Waals surface area contributed by atoms with Crippen LogP contribution in [0.15, 0.2) is 47.3 Å². The van der Waals surface area contributed by atoms with Gasteiger partial charge >= 0.3 is 0 Å². The third-order valence-corrected chi connectivity index (χ3v) is 5.17. The first-order chi connectivity index (χ1) is 11.8. The molecule has 0 aliphatic carbocycles. The molecule has 6 heteroatoms. The van der Waals surface area contributed by atoms with Crippen molar-refractivity contribution in [2.24, 2.45) is 11.3 Å².